The predicted octanol–water partition coefficient (Wildman–Crippen LogP) is 4.13. The molecule has 3 aromatic rings. The maximum atomic E-state index is 4.67. The number of hydrogen-bond acceptors (Lipinski definition) is 3. The van der Waals surface area contributed by atoms with Crippen LogP contribution >= 0.6 is 0 Å². The summed E-state index contributed by atoms with van der Waals surface area (Å²) < 4.78 is 2.03. The summed E-state index contributed by atoms with van der Waals surface area (Å²) in [5.41, 5.74) is 6.90. The first kappa shape index (κ1) is 13.5. The van der Waals surface area contributed by atoms with Crippen molar-refractivity contribution in [2.75, 3.05) is 0 Å². The van der Waals surface area contributed by atoms with E-state index in [1.165, 1.54) is 0 Å². The van der Waals surface area contributed by atoms with Crippen molar-refractivity contribution in [1.82, 2.24) is 14.4 Å². The van der Waals surface area contributed by atoms with Crippen molar-refractivity contribution < 1.29 is 0 Å². The Kier molecular flexibility index (Phi) is 3.29. The highest BCUT2D eigenvalue weighted by Gasteiger charge is 2.05. The predicted molar refractivity (Wildman–Crippen MR) is 86.3 cm³/mol. The highest BCUT2D eigenvalue weighted by molar-refractivity contribution is 5.82. The molecule has 0 aliphatic heterocycles. The monoisotopic (exact) mass is 278 g/mol. The molecule has 0 aliphatic carbocycles. The Bertz CT molecular complexity index is 839. The van der Waals surface area contributed by atoms with E-state index in [1.807, 2.05) is 56.5 Å². The van der Waals surface area contributed by atoms with Crippen molar-refractivity contribution in [2.45, 2.75) is 27.7 Å². The Morgan fingerprint density at radius 2 is 1.81 bits per heavy atom. The second-order valence-corrected chi connectivity index (χ2v) is 5.43. The number of pyridine rings is 2. The van der Waals surface area contributed by atoms with Crippen LogP contribution in [0.4, 0.5) is 5.69 Å². The summed E-state index contributed by atoms with van der Waals surface area (Å²) in [6.07, 6.45) is 4.08. The van der Waals surface area contributed by atoms with Gasteiger partial charge in [-0.05, 0) is 52.0 Å². The molecule has 0 amide bonds. The molecule has 4 nitrogen and oxygen atoms in total. The van der Waals surface area contributed by atoms with Gasteiger partial charge in [-0.2, -0.15) is 0 Å². The third-order valence-corrected chi connectivity index (χ3v) is 3.27. The van der Waals surface area contributed by atoms with E-state index in [1.54, 1.807) is 0 Å². The maximum Gasteiger partial charge on any atom is 0.136 e. The molecule has 3 heterocycles. The van der Waals surface area contributed by atoms with E-state index in [2.05, 4.69) is 27.2 Å². The van der Waals surface area contributed by atoms with Crippen LogP contribution in [-0.4, -0.2) is 20.1 Å². The first-order chi connectivity index (χ1) is 10.0. The fraction of sp³-hybridized carbons (Fsp3) is 0.235. The molecule has 106 valence electrons. The molecule has 0 fully saturated rings. The van der Waals surface area contributed by atoms with Gasteiger partial charge >= 0.3 is 0 Å². The van der Waals surface area contributed by atoms with Crippen molar-refractivity contribution in [1.29, 1.82) is 0 Å². The van der Waals surface area contributed by atoms with E-state index < -0.39 is 0 Å². The summed E-state index contributed by atoms with van der Waals surface area (Å²) in [6, 6.07) is 8.10. The summed E-state index contributed by atoms with van der Waals surface area (Å²) in [5.74, 6) is 0. The number of aliphatic imine (C=N–C) groups is 1. The SMILES string of the molecule is CC(C)=Nc1ccc(-c2ccc3nc(C)cn3c2)nc1C. The van der Waals surface area contributed by atoms with Crippen LogP contribution in [0.5, 0.6) is 0 Å². The van der Waals surface area contributed by atoms with E-state index in [-0.39, 0.29) is 0 Å². The number of aromatic nitrogens is 3. The first-order valence-corrected chi connectivity index (χ1v) is 6.98. The van der Waals surface area contributed by atoms with Gasteiger partial charge in [0.2, 0.25) is 0 Å². The van der Waals surface area contributed by atoms with Crippen LogP contribution < -0.4 is 0 Å². The molecule has 0 unspecified atom stereocenters. The van der Waals surface area contributed by atoms with E-state index in [0.29, 0.717) is 0 Å². The van der Waals surface area contributed by atoms with Gasteiger partial charge in [-0.15, -0.1) is 0 Å². The molecule has 0 saturated carbocycles. The minimum atomic E-state index is 0.929. The van der Waals surface area contributed by atoms with Gasteiger partial charge in [-0.1, -0.05) is 0 Å². The summed E-state index contributed by atoms with van der Waals surface area (Å²) in [7, 11) is 0. The van der Waals surface area contributed by atoms with Crippen LogP contribution in [0.2, 0.25) is 0 Å². The van der Waals surface area contributed by atoms with Gasteiger partial charge in [0.1, 0.15) is 5.65 Å². The van der Waals surface area contributed by atoms with Crippen LogP contribution in [0, 0.1) is 13.8 Å². The van der Waals surface area contributed by atoms with Crippen molar-refractivity contribution in [3.63, 3.8) is 0 Å². The largest absolute Gasteiger partial charge is 0.306 e. The lowest BCUT2D eigenvalue weighted by molar-refractivity contribution is 1.15. The van der Waals surface area contributed by atoms with E-state index >= 15 is 0 Å². The zero-order valence-electron chi connectivity index (χ0n) is 12.8. The Hall–Kier alpha value is -2.49. The Balaban J connectivity index is 2.05. The molecule has 0 atom stereocenters. The number of fused-ring (bicyclic) bond motifs is 1. The van der Waals surface area contributed by atoms with E-state index in [4.69, 9.17) is 0 Å². The molecule has 0 saturated heterocycles. The normalized spacial score (nSPS) is 10.9. The average Bonchev–Trinajstić information content (AvgIpc) is 2.79. The molecule has 0 spiro atoms. The summed E-state index contributed by atoms with van der Waals surface area (Å²) in [6.45, 7) is 7.96. The van der Waals surface area contributed by atoms with Gasteiger partial charge < -0.3 is 4.40 Å². The minimum Gasteiger partial charge on any atom is -0.306 e. The average molecular weight is 278 g/mol. The van der Waals surface area contributed by atoms with Gasteiger partial charge in [0.05, 0.1) is 22.8 Å². The topological polar surface area (TPSA) is 42.5 Å². The molecule has 4 heteroatoms. The van der Waals surface area contributed by atoms with Gasteiger partial charge in [0.25, 0.3) is 0 Å². The zero-order valence-corrected chi connectivity index (χ0v) is 12.8. The van der Waals surface area contributed by atoms with Crippen LogP contribution in [0.3, 0.4) is 0 Å². The van der Waals surface area contributed by atoms with Crippen molar-refractivity contribution >= 4 is 17.0 Å². The molecule has 0 radical (unpaired) electrons. The van der Waals surface area contributed by atoms with E-state index in [0.717, 1.165) is 39.7 Å². The lowest BCUT2D eigenvalue weighted by Gasteiger charge is -2.06. The second kappa shape index (κ2) is 5.13. The first-order valence-electron chi connectivity index (χ1n) is 6.98. The Morgan fingerprint density at radius 3 is 2.52 bits per heavy atom. The smallest absolute Gasteiger partial charge is 0.136 e. The van der Waals surface area contributed by atoms with Crippen LogP contribution in [0.1, 0.15) is 25.2 Å². The summed E-state index contributed by atoms with van der Waals surface area (Å²) in [5, 5.41) is 0. The standard InChI is InChI=1S/C17H18N4/c1-11(2)18-15-6-7-16(20-13(15)4)14-5-8-17-19-12(3)9-21(17)10-14/h5-10H,1-4H3. The molecular formula is C17H18N4. The number of rotatable bonds is 2. The highest BCUT2D eigenvalue weighted by atomic mass is 15.0. The van der Waals surface area contributed by atoms with Gasteiger partial charge in [0, 0.05) is 23.7 Å². The molecule has 3 aromatic heterocycles. The van der Waals surface area contributed by atoms with Crippen molar-refractivity contribution in [3.05, 3.63) is 48.0 Å². The fourth-order valence-corrected chi connectivity index (χ4v) is 2.34. The number of aryl methyl sites for hydroxylation is 2. The van der Waals surface area contributed by atoms with Gasteiger partial charge in [-0.3, -0.25) is 9.98 Å². The Morgan fingerprint density at radius 1 is 1.00 bits per heavy atom. The fourth-order valence-electron chi connectivity index (χ4n) is 2.34. The zero-order chi connectivity index (χ0) is 15.0. The number of nitrogens with zero attached hydrogens (tertiary/aromatic N) is 4. The lowest BCUT2D eigenvalue weighted by atomic mass is 10.1. The molecule has 0 aliphatic rings. The van der Waals surface area contributed by atoms with Gasteiger partial charge in [-0.25, -0.2) is 4.98 Å². The van der Waals surface area contributed by atoms with E-state index in [9.17, 15) is 0 Å². The maximum absolute atomic E-state index is 4.67. The van der Waals surface area contributed by atoms with Gasteiger partial charge in [0.15, 0.2) is 0 Å². The quantitative estimate of drug-likeness (QED) is 0.661. The summed E-state index contributed by atoms with van der Waals surface area (Å²) in [4.78, 5) is 13.6. The third-order valence-electron chi connectivity index (χ3n) is 3.27. The molecule has 0 aromatic carbocycles. The van der Waals surface area contributed by atoms with Crippen molar-refractivity contribution in [2.24, 2.45) is 4.99 Å². The van der Waals surface area contributed by atoms with Crippen LogP contribution in [0.15, 0.2) is 41.7 Å². The highest BCUT2D eigenvalue weighted by Crippen LogP contribution is 2.24. The van der Waals surface area contributed by atoms with Crippen molar-refractivity contribution in [3.8, 4) is 11.3 Å². The second-order valence-electron chi connectivity index (χ2n) is 5.43. The lowest BCUT2D eigenvalue weighted by Crippen LogP contribution is -1.91. The van der Waals surface area contributed by atoms with Crippen LogP contribution in [-0.2, 0) is 0 Å². The molecule has 0 bridgehead atoms. The Labute approximate surface area is 124 Å². The molecule has 3 rings (SSSR count). The number of imidazole rings is 1. The molecular weight excluding hydrogens is 260 g/mol. The molecule has 21 heavy (non-hydrogen) atoms. The molecule has 0 N–H and O–H groups in total. The summed E-state index contributed by atoms with van der Waals surface area (Å²) >= 11 is 0. The van der Waals surface area contributed by atoms with Crippen LogP contribution in [0.25, 0.3) is 16.9 Å². The number of hydrogen-bond donors (Lipinski definition) is 0. The minimum absolute atomic E-state index is 0.929. The third kappa shape index (κ3) is 2.70.